The second kappa shape index (κ2) is 5.06. The van der Waals surface area contributed by atoms with Crippen molar-refractivity contribution in [2.75, 3.05) is 0 Å². The molecule has 0 radical (unpaired) electrons. The zero-order chi connectivity index (χ0) is 12.1. The summed E-state index contributed by atoms with van der Waals surface area (Å²) in [4.78, 5) is 21.1. The summed E-state index contributed by atoms with van der Waals surface area (Å²) < 4.78 is 12.6. The van der Waals surface area contributed by atoms with E-state index in [-0.39, 0.29) is 5.57 Å². The van der Waals surface area contributed by atoms with Crippen molar-refractivity contribution in [3.63, 3.8) is 0 Å². The van der Waals surface area contributed by atoms with E-state index >= 15 is 0 Å². The molecule has 1 aromatic carbocycles. The van der Waals surface area contributed by atoms with Crippen molar-refractivity contribution in [3.8, 4) is 0 Å². The molecule has 0 bridgehead atoms. The van der Waals surface area contributed by atoms with Crippen LogP contribution in [0.4, 0.5) is 4.39 Å². The number of hydrogen-bond donors (Lipinski definition) is 2. The average molecular weight is 224 g/mol. The number of rotatable bonds is 4. The van der Waals surface area contributed by atoms with Gasteiger partial charge in [0.05, 0.1) is 6.42 Å². The van der Waals surface area contributed by atoms with Crippen LogP contribution in [-0.2, 0) is 9.59 Å². The van der Waals surface area contributed by atoms with Gasteiger partial charge in [-0.25, -0.2) is 9.18 Å². The molecule has 84 valence electrons. The van der Waals surface area contributed by atoms with Gasteiger partial charge in [-0.1, -0.05) is 12.1 Å². The van der Waals surface area contributed by atoms with E-state index in [2.05, 4.69) is 0 Å². The Bertz CT molecular complexity index is 434. The van der Waals surface area contributed by atoms with Crippen LogP contribution in [0, 0.1) is 5.82 Å². The lowest BCUT2D eigenvalue weighted by atomic mass is 10.1. The summed E-state index contributed by atoms with van der Waals surface area (Å²) in [5.41, 5.74) is 0.194. The van der Waals surface area contributed by atoms with Gasteiger partial charge in [0.25, 0.3) is 0 Å². The maximum atomic E-state index is 12.6. The Morgan fingerprint density at radius 3 is 2.19 bits per heavy atom. The van der Waals surface area contributed by atoms with Gasteiger partial charge in [0.2, 0.25) is 0 Å². The van der Waals surface area contributed by atoms with Crippen molar-refractivity contribution >= 4 is 18.0 Å². The van der Waals surface area contributed by atoms with Gasteiger partial charge < -0.3 is 10.2 Å². The second-order valence-electron chi connectivity index (χ2n) is 3.10. The summed E-state index contributed by atoms with van der Waals surface area (Å²) >= 11 is 0. The van der Waals surface area contributed by atoms with E-state index in [1.807, 2.05) is 0 Å². The zero-order valence-corrected chi connectivity index (χ0v) is 8.18. The third-order valence-corrected chi connectivity index (χ3v) is 1.83. The van der Waals surface area contributed by atoms with Crippen LogP contribution < -0.4 is 0 Å². The van der Waals surface area contributed by atoms with Gasteiger partial charge in [-0.15, -0.1) is 0 Å². The fourth-order valence-corrected chi connectivity index (χ4v) is 1.11. The number of aliphatic carboxylic acids is 2. The van der Waals surface area contributed by atoms with E-state index < -0.39 is 24.2 Å². The smallest absolute Gasteiger partial charge is 0.332 e. The van der Waals surface area contributed by atoms with E-state index in [9.17, 15) is 14.0 Å². The summed E-state index contributed by atoms with van der Waals surface area (Å²) in [6, 6.07) is 5.10. The Morgan fingerprint density at radius 1 is 1.19 bits per heavy atom. The molecule has 0 aromatic heterocycles. The van der Waals surface area contributed by atoms with Crippen LogP contribution >= 0.6 is 0 Å². The maximum absolute atomic E-state index is 12.6. The minimum absolute atomic E-state index is 0.251. The first-order chi connectivity index (χ1) is 7.49. The Labute approximate surface area is 90.6 Å². The van der Waals surface area contributed by atoms with Crippen LogP contribution in [0.25, 0.3) is 6.08 Å². The van der Waals surface area contributed by atoms with Gasteiger partial charge >= 0.3 is 11.9 Å². The van der Waals surface area contributed by atoms with E-state index in [1.165, 1.54) is 30.3 Å². The molecule has 4 nitrogen and oxygen atoms in total. The molecule has 16 heavy (non-hydrogen) atoms. The first-order valence-electron chi connectivity index (χ1n) is 4.40. The minimum Gasteiger partial charge on any atom is -0.481 e. The summed E-state index contributed by atoms with van der Waals surface area (Å²) in [7, 11) is 0. The molecule has 0 saturated carbocycles. The highest BCUT2D eigenvalue weighted by molar-refractivity contribution is 5.96. The molecule has 0 aliphatic carbocycles. The van der Waals surface area contributed by atoms with Crippen LogP contribution in [0.5, 0.6) is 0 Å². The first kappa shape index (κ1) is 11.9. The van der Waals surface area contributed by atoms with Gasteiger partial charge in [0, 0.05) is 5.57 Å². The van der Waals surface area contributed by atoms with Gasteiger partial charge in [-0.05, 0) is 23.8 Å². The van der Waals surface area contributed by atoms with E-state index in [4.69, 9.17) is 10.2 Å². The second-order valence-corrected chi connectivity index (χ2v) is 3.10. The standard InChI is InChI=1S/C11H9FO4/c12-9-3-1-7(2-4-9)5-8(11(15)16)6-10(13)14/h1-5H,6H2,(H,13,14)(H,15,16)/b8-5-. The van der Waals surface area contributed by atoms with E-state index in [0.29, 0.717) is 5.56 Å². The largest absolute Gasteiger partial charge is 0.481 e. The fourth-order valence-electron chi connectivity index (χ4n) is 1.11. The van der Waals surface area contributed by atoms with E-state index in [0.717, 1.165) is 0 Å². The van der Waals surface area contributed by atoms with Crippen LogP contribution in [0.1, 0.15) is 12.0 Å². The SMILES string of the molecule is O=C(O)C/C(=C/c1ccc(F)cc1)C(=O)O. The fraction of sp³-hybridized carbons (Fsp3) is 0.0909. The molecule has 0 spiro atoms. The normalized spacial score (nSPS) is 11.2. The lowest BCUT2D eigenvalue weighted by Gasteiger charge is -1.99. The quantitative estimate of drug-likeness (QED) is 0.764. The molecule has 0 heterocycles. The monoisotopic (exact) mass is 224 g/mol. The molecule has 0 saturated heterocycles. The molecule has 0 aliphatic rings. The number of benzene rings is 1. The van der Waals surface area contributed by atoms with Gasteiger partial charge in [0.15, 0.2) is 0 Å². The Hall–Kier alpha value is -2.17. The molecule has 1 aromatic rings. The van der Waals surface area contributed by atoms with E-state index in [1.54, 1.807) is 0 Å². The predicted molar refractivity (Wildman–Crippen MR) is 54.3 cm³/mol. The number of halogens is 1. The lowest BCUT2D eigenvalue weighted by Crippen LogP contribution is -2.06. The molecule has 0 amide bonds. The van der Waals surface area contributed by atoms with Crippen LogP contribution in [0.15, 0.2) is 29.8 Å². The molecular weight excluding hydrogens is 215 g/mol. The summed E-state index contributed by atoms with van der Waals surface area (Å²) in [6.07, 6.45) is 0.628. The predicted octanol–water partition coefficient (Wildman–Crippen LogP) is 1.77. The first-order valence-corrected chi connectivity index (χ1v) is 4.40. The van der Waals surface area contributed by atoms with Crippen molar-refractivity contribution in [3.05, 3.63) is 41.2 Å². The molecule has 0 unspecified atom stereocenters. The molecule has 0 atom stereocenters. The Kier molecular flexibility index (Phi) is 3.77. The summed E-state index contributed by atoms with van der Waals surface area (Å²) in [6.45, 7) is 0. The average Bonchev–Trinajstić information content (AvgIpc) is 2.19. The highest BCUT2D eigenvalue weighted by Crippen LogP contribution is 2.11. The number of carboxylic acids is 2. The highest BCUT2D eigenvalue weighted by atomic mass is 19.1. The zero-order valence-electron chi connectivity index (χ0n) is 8.18. The summed E-state index contributed by atoms with van der Waals surface area (Å²) in [5, 5.41) is 17.2. The topological polar surface area (TPSA) is 74.6 Å². The van der Waals surface area contributed by atoms with Crippen LogP contribution in [0.2, 0.25) is 0 Å². The van der Waals surface area contributed by atoms with Gasteiger partial charge in [-0.3, -0.25) is 4.79 Å². The molecule has 0 fully saturated rings. The van der Waals surface area contributed by atoms with Crippen LogP contribution in [-0.4, -0.2) is 22.2 Å². The third kappa shape index (κ3) is 3.53. The molecule has 5 heteroatoms. The highest BCUT2D eigenvalue weighted by Gasteiger charge is 2.11. The molecule has 1 rings (SSSR count). The Morgan fingerprint density at radius 2 is 1.75 bits per heavy atom. The Balaban J connectivity index is 2.97. The molecule has 2 N–H and O–H groups in total. The maximum Gasteiger partial charge on any atom is 0.332 e. The van der Waals surface area contributed by atoms with Crippen molar-refractivity contribution in [1.29, 1.82) is 0 Å². The lowest BCUT2D eigenvalue weighted by molar-refractivity contribution is -0.139. The van der Waals surface area contributed by atoms with Crippen molar-refractivity contribution in [1.82, 2.24) is 0 Å². The molecular formula is C11H9FO4. The van der Waals surface area contributed by atoms with Crippen molar-refractivity contribution in [2.45, 2.75) is 6.42 Å². The van der Waals surface area contributed by atoms with Crippen LogP contribution in [0.3, 0.4) is 0 Å². The van der Waals surface area contributed by atoms with Crippen molar-refractivity contribution in [2.24, 2.45) is 0 Å². The summed E-state index contributed by atoms with van der Waals surface area (Å²) in [5.74, 6) is -2.96. The number of carboxylic acid groups (broad SMARTS) is 2. The number of carbonyl (C=O) groups is 2. The van der Waals surface area contributed by atoms with Gasteiger partial charge in [0.1, 0.15) is 5.82 Å². The van der Waals surface area contributed by atoms with Gasteiger partial charge in [-0.2, -0.15) is 0 Å². The molecule has 0 aliphatic heterocycles. The minimum atomic E-state index is -1.30. The number of hydrogen-bond acceptors (Lipinski definition) is 2. The van der Waals surface area contributed by atoms with Crippen molar-refractivity contribution < 1.29 is 24.2 Å². The third-order valence-electron chi connectivity index (χ3n) is 1.83.